The Labute approximate surface area is 189 Å². The van der Waals surface area contributed by atoms with Crippen LogP contribution in [0.3, 0.4) is 0 Å². The SMILES string of the molecule is c1ccc(-c2ncoc2-c2[nH]ccc2-c2ccccc2-c2nnoc2-c2ccccc2)cc1. The normalized spacial score (nSPS) is 11.0. The van der Waals surface area contributed by atoms with Crippen LogP contribution in [0.25, 0.3) is 56.4 Å². The zero-order valence-electron chi connectivity index (χ0n) is 17.5. The summed E-state index contributed by atoms with van der Waals surface area (Å²) in [5.41, 5.74) is 7.09. The number of nitrogens with one attached hydrogen (secondary N) is 1. The van der Waals surface area contributed by atoms with Crippen LogP contribution in [0.4, 0.5) is 0 Å². The largest absolute Gasteiger partial charge is 0.441 e. The molecule has 0 unspecified atom stereocenters. The molecule has 3 aromatic heterocycles. The third kappa shape index (κ3) is 3.34. The monoisotopic (exact) mass is 430 g/mol. The zero-order valence-corrected chi connectivity index (χ0v) is 17.5. The predicted molar refractivity (Wildman–Crippen MR) is 126 cm³/mol. The quantitative estimate of drug-likeness (QED) is 0.328. The van der Waals surface area contributed by atoms with Crippen molar-refractivity contribution >= 4 is 0 Å². The minimum Gasteiger partial charge on any atom is -0.441 e. The Morgan fingerprint density at radius 2 is 1.30 bits per heavy atom. The van der Waals surface area contributed by atoms with Gasteiger partial charge >= 0.3 is 0 Å². The lowest BCUT2D eigenvalue weighted by Crippen LogP contribution is -1.90. The van der Waals surface area contributed by atoms with E-state index in [9.17, 15) is 0 Å². The van der Waals surface area contributed by atoms with E-state index in [2.05, 4.69) is 26.4 Å². The number of aromatic amines is 1. The van der Waals surface area contributed by atoms with Gasteiger partial charge in [-0.1, -0.05) is 84.9 Å². The summed E-state index contributed by atoms with van der Waals surface area (Å²) in [4.78, 5) is 7.82. The molecule has 0 atom stereocenters. The average Bonchev–Trinajstić information content (AvgIpc) is 3.65. The van der Waals surface area contributed by atoms with Crippen LogP contribution < -0.4 is 0 Å². The standard InChI is InChI=1S/C27H18N4O2/c1-3-9-18(10-4-1)23-27(32-17-29-23)24-22(15-16-28-24)20-13-7-8-14-21(20)25-26(33-31-30-25)19-11-5-2-6-12-19/h1-17,28H. The third-order valence-corrected chi connectivity index (χ3v) is 5.59. The molecule has 0 fully saturated rings. The molecule has 6 heteroatoms. The van der Waals surface area contributed by atoms with Crippen molar-refractivity contribution in [1.82, 2.24) is 20.3 Å². The maximum absolute atomic E-state index is 5.86. The molecule has 0 aliphatic carbocycles. The lowest BCUT2D eigenvalue weighted by atomic mass is 9.94. The van der Waals surface area contributed by atoms with Gasteiger partial charge in [-0.25, -0.2) is 4.98 Å². The van der Waals surface area contributed by atoms with Crippen LogP contribution >= 0.6 is 0 Å². The van der Waals surface area contributed by atoms with E-state index in [1.165, 1.54) is 6.39 Å². The Kier molecular flexibility index (Phi) is 4.66. The van der Waals surface area contributed by atoms with Gasteiger partial charge in [-0.3, -0.25) is 0 Å². The average molecular weight is 430 g/mol. The van der Waals surface area contributed by atoms with Crippen LogP contribution in [0.15, 0.2) is 113 Å². The van der Waals surface area contributed by atoms with E-state index in [1.54, 1.807) is 0 Å². The van der Waals surface area contributed by atoms with E-state index < -0.39 is 0 Å². The number of rotatable bonds is 5. The van der Waals surface area contributed by atoms with Gasteiger partial charge in [0.15, 0.2) is 17.9 Å². The molecule has 0 aliphatic heterocycles. The summed E-state index contributed by atoms with van der Waals surface area (Å²) < 4.78 is 11.4. The molecule has 0 radical (unpaired) electrons. The van der Waals surface area contributed by atoms with Crippen LogP contribution in [0, 0.1) is 0 Å². The summed E-state index contributed by atoms with van der Waals surface area (Å²) in [5, 5.41) is 8.19. The Bertz CT molecular complexity index is 1510. The van der Waals surface area contributed by atoms with Crippen molar-refractivity contribution < 1.29 is 8.94 Å². The molecule has 3 aromatic carbocycles. The molecule has 6 rings (SSSR count). The topological polar surface area (TPSA) is 80.7 Å². The van der Waals surface area contributed by atoms with Gasteiger partial charge in [-0.15, -0.1) is 5.10 Å². The molecule has 158 valence electrons. The number of nitrogens with zero attached hydrogens (tertiary/aromatic N) is 3. The maximum atomic E-state index is 5.86. The van der Waals surface area contributed by atoms with E-state index >= 15 is 0 Å². The summed E-state index contributed by atoms with van der Waals surface area (Å²) >= 11 is 0. The van der Waals surface area contributed by atoms with Crippen LogP contribution in [0.2, 0.25) is 0 Å². The van der Waals surface area contributed by atoms with Crippen LogP contribution in [0.1, 0.15) is 0 Å². The Morgan fingerprint density at radius 1 is 0.606 bits per heavy atom. The summed E-state index contributed by atoms with van der Waals surface area (Å²) in [6.07, 6.45) is 3.38. The van der Waals surface area contributed by atoms with Gasteiger partial charge in [0.05, 0.1) is 5.69 Å². The van der Waals surface area contributed by atoms with E-state index in [0.29, 0.717) is 17.2 Å². The van der Waals surface area contributed by atoms with Gasteiger partial charge in [-0.05, 0) is 11.6 Å². The van der Waals surface area contributed by atoms with Gasteiger partial charge in [0.1, 0.15) is 11.4 Å². The van der Waals surface area contributed by atoms with E-state index in [4.69, 9.17) is 8.94 Å². The van der Waals surface area contributed by atoms with E-state index in [-0.39, 0.29) is 0 Å². The second kappa shape index (κ2) is 8.09. The number of aromatic nitrogens is 4. The first-order valence-electron chi connectivity index (χ1n) is 10.5. The number of oxazole rings is 1. The van der Waals surface area contributed by atoms with Gasteiger partial charge in [0, 0.05) is 33.7 Å². The first kappa shape index (κ1) is 19.0. The lowest BCUT2D eigenvalue weighted by Gasteiger charge is -2.09. The highest BCUT2D eigenvalue weighted by Gasteiger charge is 2.23. The highest BCUT2D eigenvalue weighted by Crippen LogP contribution is 2.41. The number of hydrogen-bond donors (Lipinski definition) is 1. The number of benzene rings is 3. The zero-order chi connectivity index (χ0) is 22.0. The molecule has 0 saturated heterocycles. The molecule has 6 aromatic rings. The predicted octanol–water partition coefficient (Wildman–Crippen LogP) is 6.72. The van der Waals surface area contributed by atoms with Crippen molar-refractivity contribution in [2.45, 2.75) is 0 Å². The highest BCUT2D eigenvalue weighted by atomic mass is 16.5. The molecule has 6 nitrogen and oxygen atoms in total. The van der Waals surface area contributed by atoms with Crippen LogP contribution in [-0.4, -0.2) is 20.3 Å². The lowest BCUT2D eigenvalue weighted by molar-refractivity contribution is 0.403. The number of hydrogen-bond acceptors (Lipinski definition) is 5. The van der Waals surface area contributed by atoms with Gasteiger partial charge in [0.2, 0.25) is 0 Å². The molecule has 0 bridgehead atoms. The fourth-order valence-electron chi connectivity index (χ4n) is 4.08. The third-order valence-electron chi connectivity index (χ3n) is 5.59. The fourth-order valence-corrected chi connectivity index (χ4v) is 4.08. The van der Waals surface area contributed by atoms with Crippen molar-refractivity contribution in [3.05, 3.63) is 104 Å². The van der Waals surface area contributed by atoms with Crippen LogP contribution in [-0.2, 0) is 0 Å². The Hall–Kier alpha value is -4.71. The van der Waals surface area contributed by atoms with E-state index in [1.807, 2.05) is 91.1 Å². The van der Waals surface area contributed by atoms with Gasteiger partial charge in [-0.2, -0.15) is 0 Å². The van der Waals surface area contributed by atoms with Gasteiger partial charge < -0.3 is 13.9 Å². The summed E-state index contributed by atoms with van der Waals surface area (Å²) in [6, 6.07) is 30.0. The fraction of sp³-hybridized carbons (Fsp3) is 0. The molecule has 1 N–H and O–H groups in total. The van der Waals surface area contributed by atoms with Crippen molar-refractivity contribution in [2.24, 2.45) is 0 Å². The summed E-state index contributed by atoms with van der Waals surface area (Å²) in [5.74, 6) is 1.31. The molecule has 0 saturated carbocycles. The van der Waals surface area contributed by atoms with Crippen LogP contribution in [0.5, 0.6) is 0 Å². The second-order valence-corrected chi connectivity index (χ2v) is 7.52. The van der Waals surface area contributed by atoms with E-state index in [0.717, 1.165) is 39.2 Å². The molecular formula is C27H18N4O2. The molecule has 0 spiro atoms. The smallest absolute Gasteiger partial charge is 0.195 e. The van der Waals surface area contributed by atoms with Crippen molar-refractivity contribution in [1.29, 1.82) is 0 Å². The first-order chi connectivity index (χ1) is 16.4. The maximum Gasteiger partial charge on any atom is 0.195 e. The van der Waals surface area contributed by atoms with Gasteiger partial charge in [0.25, 0.3) is 0 Å². The minimum atomic E-state index is 0.629. The highest BCUT2D eigenvalue weighted by molar-refractivity contribution is 5.93. The molecule has 0 amide bonds. The minimum absolute atomic E-state index is 0.629. The molecule has 0 aliphatic rings. The van der Waals surface area contributed by atoms with Crippen molar-refractivity contribution in [3.8, 4) is 56.4 Å². The molecule has 3 heterocycles. The number of H-pyrrole nitrogens is 1. The molecule has 33 heavy (non-hydrogen) atoms. The molecular weight excluding hydrogens is 412 g/mol. The summed E-state index contributed by atoms with van der Waals surface area (Å²) in [7, 11) is 0. The van der Waals surface area contributed by atoms with Crippen molar-refractivity contribution in [3.63, 3.8) is 0 Å². The first-order valence-corrected chi connectivity index (χ1v) is 10.5. The summed E-state index contributed by atoms with van der Waals surface area (Å²) in [6.45, 7) is 0. The Balaban J connectivity index is 1.50. The second-order valence-electron chi connectivity index (χ2n) is 7.52. The Morgan fingerprint density at radius 3 is 2.09 bits per heavy atom. The van der Waals surface area contributed by atoms with Crippen molar-refractivity contribution in [2.75, 3.05) is 0 Å².